The molecule has 6 nitrogen and oxygen atoms in total. The van der Waals surface area contributed by atoms with Crippen LogP contribution in [0.25, 0.3) is 0 Å². The molecule has 0 saturated carbocycles. The molecule has 1 unspecified atom stereocenters. The lowest BCUT2D eigenvalue weighted by molar-refractivity contribution is -0.166. The quantitative estimate of drug-likeness (QED) is 0.0262. The molecule has 0 rings (SSSR count). The molecule has 0 aliphatic rings. The van der Waals surface area contributed by atoms with Crippen molar-refractivity contribution >= 4 is 17.9 Å². The topological polar surface area (TPSA) is 78.9 Å². The van der Waals surface area contributed by atoms with Crippen LogP contribution in [0.3, 0.4) is 0 Å². The highest BCUT2D eigenvalue weighted by atomic mass is 16.6. The van der Waals surface area contributed by atoms with Gasteiger partial charge < -0.3 is 14.2 Å². The zero-order valence-electron chi connectivity index (χ0n) is 42.7. The number of allylic oxidation sites excluding steroid dienone is 12. The Morgan fingerprint density at radius 1 is 0.308 bits per heavy atom. The maximum Gasteiger partial charge on any atom is 0.306 e. The second kappa shape index (κ2) is 53.5. The number of esters is 3. The largest absolute Gasteiger partial charge is 0.462 e. The van der Waals surface area contributed by atoms with E-state index in [9.17, 15) is 14.4 Å². The van der Waals surface area contributed by atoms with Gasteiger partial charge in [-0.05, 0) is 70.6 Å². The van der Waals surface area contributed by atoms with Crippen molar-refractivity contribution in [1.82, 2.24) is 0 Å². The molecular formula is C59H102O6. The molecule has 374 valence electrons. The van der Waals surface area contributed by atoms with Gasteiger partial charge in [-0.2, -0.15) is 0 Å². The standard InChI is InChI=1S/C59H102O6/c1-4-7-10-13-16-19-22-25-27-28-29-30-32-34-37-40-43-46-49-52-58(61)64-55-56(54-63-57(60)51-48-45-42-39-36-33-24-21-18-15-12-9-6-3)65-59(62)53-50-47-44-41-38-35-31-26-23-20-17-14-11-8-5-2/h16,19,25,27,29-30,34,37,43-44,46-47,56H,4-15,17-18,20-24,26,28,31-33,35-36,38-42,45,48-55H2,1-3H3. The number of unbranched alkanes of at least 4 members (excludes halogenated alkanes) is 26. The van der Waals surface area contributed by atoms with Gasteiger partial charge in [0.2, 0.25) is 0 Å². The lowest BCUT2D eigenvalue weighted by atomic mass is 10.0. The summed E-state index contributed by atoms with van der Waals surface area (Å²) in [5, 5.41) is 0. The molecular weight excluding hydrogens is 805 g/mol. The van der Waals surface area contributed by atoms with E-state index in [-0.39, 0.29) is 44.0 Å². The molecule has 0 aromatic heterocycles. The van der Waals surface area contributed by atoms with Gasteiger partial charge >= 0.3 is 17.9 Å². The van der Waals surface area contributed by atoms with Crippen LogP contribution < -0.4 is 0 Å². The number of hydrogen-bond donors (Lipinski definition) is 0. The van der Waals surface area contributed by atoms with E-state index in [0.29, 0.717) is 19.3 Å². The van der Waals surface area contributed by atoms with Crippen LogP contribution in [0, 0.1) is 0 Å². The maximum absolute atomic E-state index is 12.8. The summed E-state index contributed by atoms with van der Waals surface area (Å²) in [5.74, 6) is -1.04. The van der Waals surface area contributed by atoms with E-state index in [1.54, 1.807) is 0 Å². The summed E-state index contributed by atoms with van der Waals surface area (Å²) >= 11 is 0. The van der Waals surface area contributed by atoms with Crippen LogP contribution in [-0.4, -0.2) is 37.2 Å². The summed E-state index contributed by atoms with van der Waals surface area (Å²) in [5.41, 5.74) is 0. The van der Waals surface area contributed by atoms with Gasteiger partial charge in [-0.1, -0.05) is 248 Å². The first-order chi connectivity index (χ1) is 32.0. The highest BCUT2D eigenvalue weighted by molar-refractivity contribution is 5.71. The predicted molar refractivity (Wildman–Crippen MR) is 279 cm³/mol. The number of carbonyl (C=O) groups is 3. The summed E-state index contributed by atoms with van der Waals surface area (Å²) in [6, 6.07) is 0. The number of hydrogen-bond acceptors (Lipinski definition) is 6. The van der Waals surface area contributed by atoms with Gasteiger partial charge in [0.1, 0.15) is 13.2 Å². The molecule has 0 aromatic rings. The van der Waals surface area contributed by atoms with Crippen LogP contribution >= 0.6 is 0 Å². The Hall–Kier alpha value is -3.15. The van der Waals surface area contributed by atoms with E-state index in [1.807, 2.05) is 6.08 Å². The van der Waals surface area contributed by atoms with Crippen LogP contribution in [0.1, 0.15) is 265 Å². The minimum Gasteiger partial charge on any atom is -0.462 e. The Labute approximate surface area is 402 Å². The van der Waals surface area contributed by atoms with E-state index in [1.165, 1.54) is 161 Å². The van der Waals surface area contributed by atoms with Gasteiger partial charge in [0, 0.05) is 19.3 Å². The third kappa shape index (κ3) is 51.7. The van der Waals surface area contributed by atoms with Crippen molar-refractivity contribution in [3.8, 4) is 0 Å². The highest BCUT2D eigenvalue weighted by Crippen LogP contribution is 2.15. The first-order valence-corrected chi connectivity index (χ1v) is 27.4. The Bertz CT molecular complexity index is 1230. The van der Waals surface area contributed by atoms with Gasteiger partial charge in [0.15, 0.2) is 6.10 Å². The third-order valence-electron chi connectivity index (χ3n) is 11.7. The fraction of sp³-hybridized carbons (Fsp3) is 0.746. The van der Waals surface area contributed by atoms with Crippen molar-refractivity contribution in [3.05, 3.63) is 72.9 Å². The smallest absolute Gasteiger partial charge is 0.306 e. The Morgan fingerprint density at radius 2 is 0.585 bits per heavy atom. The van der Waals surface area contributed by atoms with Crippen molar-refractivity contribution in [2.75, 3.05) is 13.2 Å². The van der Waals surface area contributed by atoms with Crippen molar-refractivity contribution in [1.29, 1.82) is 0 Å². The Kier molecular flexibility index (Phi) is 50.9. The number of ether oxygens (including phenoxy) is 3. The highest BCUT2D eigenvalue weighted by Gasteiger charge is 2.19. The maximum atomic E-state index is 12.8. The molecule has 1 atom stereocenters. The Balaban J connectivity index is 4.51. The lowest BCUT2D eigenvalue weighted by Gasteiger charge is -2.18. The normalized spacial score (nSPS) is 12.6. The molecule has 0 saturated heterocycles. The van der Waals surface area contributed by atoms with E-state index in [4.69, 9.17) is 14.2 Å². The molecule has 0 fully saturated rings. The fourth-order valence-electron chi connectivity index (χ4n) is 7.56. The Morgan fingerprint density at radius 3 is 1.02 bits per heavy atom. The van der Waals surface area contributed by atoms with Crippen molar-refractivity contribution in [3.63, 3.8) is 0 Å². The molecule has 6 heteroatoms. The third-order valence-corrected chi connectivity index (χ3v) is 11.7. The minimum atomic E-state index is -0.824. The van der Waals surface area contributed by atoms with Crippen LogP contribution in [0.2, 0.25) is 0 Å². The molecule has 0 amide bonds. The lowest BCUT2D eigenvalue weighted by Crippen LogP contribution is -2.30. The summed E-state index contributed by atoms with van der Waals surface area (Å²) < 4.78 is 16.7. The average Bonchev–Trinajstić information content (AvgIpc) is 3.30. The first kappa shape index (κ1) is 61.9. The van der Waals surface area contributed by atoms with Crippen LogP contribution in [0.5, 0.6) is 0 Å². The van der Waals surface area contributed by atoms with E-state index >= 15 is 0 Å². The van der Waals surface area contributed by atoms with Gasteiger partial charge in [0.25, 0.3) is 0 Å². The molecule has 0 bridgehead atoms. The molecule has 0 aliphatic carbocycles. The predicted octanol–water partition coefficient (Wildman–Crippen LogP) is 18.2. The van der Waals surface area contributed by atoms with Crippen LogP contribution in [-0.2, 0) is 28.6 Å². The molecule has 0 spiro atoms. The average molecular weight is 907 g/mol. The van der Waals surface area contributed by atoms with E-state index in [2.05, 4.69) is 87.6 Å². The molecule has 0 N–H and O–H groups in total. The summed E-state index contributed by atoms with van der Waals surface area (Å²) in [4.78, 5) is 38.0. The zero-order valence-corrected chi connectivity index (χ0v) is 42.7. The monoisotopic (exact) mass is 907 g/mol. The van der Waals surface area contributed by atoms with Gasteiger partial charge in [-0.25, -0.2) is 0 Å². The summed E-state index contributed by atoms with van der Waals surface area (Å²) in [6.45, 7) is 6.53. The van der Waals surface area contributed by atoms with E-state index < -0.39 is 6.10 Å². The fourth-order valence-corrected chi connectivity index (χ4v) is 7.56. The molecule has 0 aliphatic heterocycles. The summed E-state index contributed by atoms with van der Waals surface area (Å²) in [6.07, 6.45) is 67.7. The number of carbonyl (C=O) groups excluding carboxylic acids is 3. The SMILES string of the molecule is CCCCCC=CCC=CCC=CCC=CCC=CCCC(=O)OCC(COC(=O)CCCCCCCCCCCCCCC)OC(=O)CCC=CCCCCCCCCCCCCC. The van der Waals surface area contributed by atoms with Crippen LogP contribution in [0.15, 0.2) is 72.9 Å². The molecule has 0 radical (unpaired) electrons. The minimum absolute atomic E-state index is 0.111. The second-order valence-electron chi connectivity index (χ2n) is 18.1. The second-order valence-corrected chi connectivity index (χ2v) is 18.1. The van der Waals surface area contributed by atoms with Crippen molar-refractivity contribution < 1.29 is 28.6 Å². The molecule has 65 heavy (non-hydrogen) atoms. The van der Waals surface area contributed by atoms with Gasteiger partial charge in [-0.15, -0.1) is 0 Å². The van der Waals surface area contributed by atoms with Gasteiger partial charge in [-0.3, -0.25) is 14.4 Å². The number of rotatable bonds is 49. The summed E-state index contributed by atoms with van der Waals surface area (Å²) in [7, 11) is 0. The molecule has 0 heterocycles. The van der Waals surface area contributed by atoms with Crippen molar-refractivity contribution in [2.45, 2.75) is 271 Å². The van der Waals surface area contributed by atoms with Crippen molar-refractivity contribution in [2.24, 2.45) is 0 Å². The molecule has 0 aromatic carbocycles. The van der Waals surface area contributed by atoms with Crippen LogP contribution in [0.4, 0.5) is 0 Å². The van der Waals surface area contributed by atoms with E-state index in [0.717, 1.165) is 51.4 Å². The van der Waals surface area contributed by atoms with Gasteiger partial charge in [0.05, 0.1) is 0 Å². The first-order valence-electron chi connectivity index (χ1n) is 27.4. The zero-order chi connectivity index (χ0) is 47.2.